The highest BCUT2D eigenvalue weighted by molar-refractivity contribution is 5.68. The number of fused-ring (bicyclic) bond motifs is 1. The molecule has 0 atom stereocenters. The summed E-state index contributed by atoms with van der Waals surface area (Å²) in [5.41, 5.74) is 0.540. The first-order valence-corrected chi connectivity index (χ1v) is 8.10. The van der Waals surface area contributed by atoms with Gasteiger partial charge in [-0.1, -0.05) is 0 Å². The van der Waals surface area contributed by atoms with Crippen molar-refractivity contribution in [3.63, 3.8) is 0 Å². The van der Waals surface area contributed by atoms with E-state index < -0.39 is 30.9 Å². The van der Waals surface area contributed by atoms with Gasteiger partial charge in [0.2, 0.25) is 5.88 Å². The minimum atomic E-state index is -4.33. The zero-order valence-corrected chi connectivity index (χ0v) is 15.1. The van der Waals surface area contributed by atoms with Gasteiger partial charge in [0.1, 0.15) is 12.2 Å². The maximum absolute atomic E-state index is 12.2. The zero-order valence-electron chi connectivity index (χ0n) is 15.1. The number of aromatic nitrogens is 2. The van der Waals surface area contributed by atoms with Gasteiger partial charge in [0.05, 0.1) is 25.8 Å². The Bertz CT molecular complexity index is 659. The number of hydrogen-bond acceptors (Lipinski definition) is 6. The Balaban J connectivity index is 2.14. The summed E-state index contributed by atoms with van der Waals surface area (Å²) in [5, 5.41) is 0. The summed E-state index contributed by atoms with van der Waals surface area (Å²) in [7, 11) is 1.41. The van der Waals surface area contributed by atoms with Crippen molar-refractivity contribution in [3.05, 3.63) is 11.3 Å². The van der Waals surface area contributed by atoms with Gasteiger partial charge in [-0.15, -0.1) is 0 Å². The second kappa shape index (κ2) is 7.55. The molecule has 0 radical (unpaired) electrons. The number of ether oxygens (including phenoxy) is 3. The molecule has 1 aliphatic heterocycles. The quantitative estimate of drug-likeness (QED) is 0.803. The average molecular weight is 377 g/mol. The molecule has 0 spiro atoms. The van der Waals surface area contributed by atoms with Crippen LogP contribution >= 0.6 is 0 Å². The van der Waals surface area contributed by atoms with Crippen LogP contribution in [0.15, 0.2) is 0 Å². The Morgan fingerprint density at radius 1 is 1.23 bits per heavy atom. The summed E-state index contributed by atoms with van der Waals surface area (Å²) in [6.07, 6.45) is -5.48. The smallest absolute Gasteiger partial charge is 0.410 e. The Labute approximate surface area is 149 Å². The first-order chi connectivity index (χ1) is 12.0. The van der Waals surface area contributed by atoms with Crippen LogP contribution in [-0.4, -0.2) is 53.0 Å². The van der Waals surface area contributed by atoms with Crippen LogP contribution < -0.4 is 9.47 Å². The van der Waals surface area contributed by atoms with Crippen LogP contribution in [0.25, 0.3) is 0 Å². The number of alkyl halides is 3. The maximum atomic E-state index is 12.2. The molecule has 0 unspecified atom stereocenters. The molecule has 0 N–H and O–H groups in total. The molecule has 1 aromatic rings. The van der Waals surface area contributed by atoms with Crippen LogP contribution in [0.3, 0.4) is 0 Å². The van der Waals surface area contributed by atoms with E-state index in [0.29, 0.717) is 24.2 Å². The first kappa shape index (κ1) is 20.1. The third-order valence-electron chi connectivity index (χ3n) is 3.47. The molecule has 7 nitrogen and oxygen atoms in total. The van der Waals surface area contributed by atoms with Crippen LogP contribution in [0.4, 0.5) is 18.0 Å². The SMILES string of the molecule is COc1nc(OCCC(F)(F)F)nc2c1CCN(C(=O)OC(C)(C)C)C2. The fourth-order valence-electron chi connectivity index (χ4n) is 2.35. The van der Waals surface area contributed by atoms with Crippen LogP contribution in [0.5, 0.6) is 11.9 Å². The second-order valence-electron chi connectivity index (χ2n) is 6.81. The van der Waals surface area contributed by atoms with Crippen LogP contribution in [0.1, 0.15) is 38.4 Å². The van der Waals surface area contributed by atoms with Gasteiger partial charge in [0, 0.05) is 12.1 Å². The van der Waals surface area contributed by atoms with E-state index in [4.69, 9.17) is 14.2 Å². The van der Waals surface area contributed by atoms with Gasteiger partial charge in [-0.05, 0) is 27.2 Å². The van der Waals surface area contributed by atoms with E-state index in [1.165, 1.54) is 12.0 Å². The van der Waals surface area contributed by atoms with Gasteiger partial charge in [-0.2, -0.15) is 23.1 Å². The fourth-order valence-corrected chi connectivity index (χ4v) is 2.35. The van der Waals surface area contributed by atoms with Gasteiger partial charge in [0.25, 0.3) is 0 Å². The lowest BCUT2D eigenvalue weighted by atomic mass is 10.1. The molecule has 0 bridgehead atoms. The molecule has 1 aliphatic rings. The molecule has 146 valence electrons. The summed E-state index contributed by atoms with van der Waals surface area (Å²) in [5.74, 6) is 0.237. The largest absolute Gasteiger partial charge is 0.481 e. The third-order valence-corrected chi connectivity index (χ3v) is 3.47. The zero-order chi connectivity index (χ0) is 19.5. The molecule has 26 heavy (non-hydrogen) atoms. The van der Waals surface area contributed by atoms with Gasteiger partial charge >= 0.3 is 18.3 Å². The first-order valence-electron chi connectivity index (χ1n) is 8.10. The number of carbonyl (C=O) groups is 1. The van der Waals surface area contributed by atoms with Crippen LogP contribution in [0.2, 0.25) is 0 Å². The van der Waals surface area contributed by atoms with Crippen molar-refractivity contribution in [2.75, 3.05) is 20.3 Å². The molecule has 0 aromatic carbocycles. The Kier molecular flexibility index (Phi) is 5.82. The number of rotatable bonds is 4. The normalized spacial score (nSPS) is 14.7. The number of carbonyl (C=O) groups excluding carboxylic acids is 1. The number of amides is 1. The fraction of sp³-hybridized carbons (Fsp3) is 0.688. The molecule has 2 rings (SSSR count). The van der Waals surface area contributed by atoms with Crippen molar-refractivity contribution in [1.29, 1.82) is 0 Å². The second-order valence-corrected chi connectivity index (χ2v) is 6.81. The number of hydrogen-bond donors (Lipinski definition) is 0. The van der Waals surface area contributed by atoms with Gasteiger partial charge in [-0.25, -0.2) is 4.79 Å². The van der Waals surface area contributed by atoms with Crippen LogP contribution in [-0.2, 0) is 17.7 Å². The molecule has 1 amide bonds. The molecule has 10 heteroatoms. The van der Waals surface area contributed by atoms with E-state index in [2.05, 4.69) is 9.97 Å². The lowest BCUT2D eigenvalue weighted by Gasteiger charge is -2.31. The molecule has 0 fully saturated rings. The van der Waals surface area contributed by atoms with E-state index in [1.54, 1.807) is 20.8 Å². The van der Waals surface area contributed by atoms with Crippen molar-refractivity contribution >= 4 is 6.09 Å². The predicted molar refractivity (Wildman–Crippen MR) is 85.1 cm³/mol. The number of methoxy groups -OCH3 is 1. The predicted octanol–water partition coefficient (Wildman–Crippen LogP) is 3.11. The molecular formula is C16H22F3N3O4. The highest BCUT2D eigenvalue weighted by Crippen LogP contribution is 2.28. The van der Waals surface area contributed by atoms with E-state index in [9.17, 15) is 18.0 Å². The Morgan fingerprint density at radius 3 is 2.50 bits per heavy atom. The highest BCUT2D eigenvalue weighted by atomic mass is 19.4. The summed E-state index contributed by atoms with van der Waals surface area (Å²) in [4.78, 5) is 21.8. The summed E-state index contributed by atoms with van der Waals surface area (Å²) in [6.45, 7) is 5.23. The van der Waals surface area contributed by atoms with Crippen molar-refractivity contribution in [2.24, 2.45) is 0 Å². The average Bonchev–Trinajstić information content (AvgIpc) is 2.50. The minimum Gasteiger partial charge on any atom is -0.481 e. The van der Waals surface area contributed by atoms with Crippen molar-refractivity contribution in [2.45, 2.75) is 51.9 Å². The minimum absolute atomic E-state index is 0.138. The molecule has 0 aliphatic carbocycles. The van der Waals surface area contributed by atoms with Gasteiger partial charge in [0.15, 0.2) is 0 Å². The molecule has 2 heterocycles. The Morgan fingerprint density at radius 2 is 1.92 bits per heavy atom. The molecular weight excluding hydrogens is 355 g/mol. The number of halogens is 3. The van der Waals surface area contributed by atoms with E-state index in [1.807, 2.05) is 0 Å². The Hall–Kier alpha value is -2.26. The summed E-state index contributed by atoms with van der Waals surface area (Å²) in [6, 6.07) is -0.212. The molecule has 0 saturated carbocycles. The number of nitrogens with zero attached hydrogens (tertiary/aromatic N) is 3. The maximum Gasteiger partial charge on any atom is 0.410 e. The van der Waals surface area contributed by atoms with Crippen molar-refractivity contribution < 1.29 is 32.2 Å². The van der Waals surface area contributed by atoms with E-state index in [0.717, 1.165) is 0 Å². The summed E-state index contributed by atoms with van der Waals surface area (Å²) < 4.78 is 52.3. The monoisotopic (exact) mass is 377 g/mol. The topological polar surface area (TPSA) is 73.8 Å². The third kappa shape index (κ3) is 5.63. The van der Waals surface area contributed by atoms with E-state index >= 15 is 0 Å². The summed E-state index contributed by atoms with van der Waals surface area (Å²) >= 11 is 0. The molecule has 0 saturated heterocycles. The van der Waals surface area contributed by atoms with Gasteiger partial charge in [-0.3, -0.25) is 0 Å². The lowest BCUT2D eigenvalue weighted by Crippen LogP contribution is -2.40. The van der Waals surface area contributed by atoms with Crippen molar-refractivity contribution in [1.82, 2.24) is 14.9 Å². The lowest BCUT2D eigenvalue weighted by molar-refractivity contribution is -0.139. The standard InChI is InChI=1S/C16H22F3N3O4/c1-15(2,3)26-14(23)22-7-5-10-11(9-22)20-13(21-12(10)24-4)25-8-6-16(17,18)19/h5-9H2,1-4H3. The van der Waals surface area contributed by atoms with Crippen LogP contribution in [0, 0.1) is 0 Å². The van der Waals surface area contributed by atoms with Gasteiger partial charge < -0.3 is 19.1 Å². The molecule has 1 aromatic heterocycles. The van der Waals surface area contributed by atoms with Crippen molar-refractivity contribution in [3.8, 4) is 11.9 Å². The highest BCUT2D eigenvalue weighted by Gasteiger charge is 2.30. The van der Waals surface area contributed by atoms with E-state index in [-0.39, 0.29) is 18.4 Å².